The Morgan fingerprint density at radius 1 is 1.12 bits per heavy atom. The van der Waals surface area contributed by atoms with Crippen molar-refractivity contribution in [2.45, 2.75) is 39.7 Å². The third kappa shape index (κ3) is 3.24. The lowest BCUT2D eigenvalue weighted by molar-refractivity contribution is 0.157. The van der Waals surface area contributed by atoms with Crippen molar-refractivity contribution in [1.82, 2.24) is 0 Å². The van der Waals surface area contributed by atoms with Gasteiger partial charge in [0.25, 0.3) is 0 Å². The van der Waals surface area contributed by atoms with Gasteiger partial charge in [0.15, 0.2) is 0 Å². The van der Waals surface area contributed by atoms with E-state index in [1.165, 1.54) is 5.56 Å². The van der Waals surface area contributed by atoms with Crippen LogP contribution in [0.1, 0.15) is 39.2 Å². The van der Waals surface area contributed by atoms with Crippen LogP contribution in [-0.2, 0) is 0 Å². The first-order chi connectivity index (χ1) is 7.56. The summed E-state index contributed by atoms with van der Waals surface area (Å²) in [6.45, 7) is 9.18. The number of rotatable bonds is 5. The number of nitrogens with two attached hydrogens (primary N) is 1. The quantitative estimate of drug-likeness (QED) is 0.829. The smallest absolute Gasteiger partial charge is 0.123 e. The Morgan fingerprint density at radius 3 is 2.25 bits per heavy atom. The van der Waals surface area contributed by atoms with Crippen LogP contribution in [0.25, 0.3) is 0 Å². The first-order valence-electron chi connectivity index (χ1n) is 6.02. The van der Waals surface area contributed by atoms with Crippen molar-refractivity contribution in [2.24, 2.45) is 11.7 Å². The lowest BCUT2D eigenvalue weighted by Gasteiger charge is -2.23. The summed E-state index contributed by atoms with van der Waals surface area (Å²) < 4.78 is 5.99. The van der Waals surface area contributed by atoms with E-state index < -0.39 is 0 Å². The first-order valence-corrected chi connectivity index (χ1v) is 6.02. The summed E-state index contributed by atoms with van der Waals surface area (Å²) in [6.07, 6.45) is 0.0971. The van der Waals surface area contributed by atoms with Gasteiger partial charge < -0.3 is 10.5 Å². The van der Waals surface area contributed by atoms with Crippen molar-refractivity contribution in [3.05, 3.63) is 29.8 Å². The van der Waals surface area contributed by atoms with Gasteiger partial charge in [-0.05, 0) is 23.5 Å². The molecule has 0 aromatic heterocycles. The van der Waals surface area contributed by atoms with Crippen molar-refractivity contribution in [3.63, 3.8) is 0 Å². The van der Waals surface area contributed by atoms with E-state index in [-0.39, 0.29) is 6.10 Å². The predicted molar refractivity (Wildman–Crippen MR) is 68.8 cm³/mol. The molecule has 1 aromatic rings. The van der Waals surface area contributed by atoms with Gasteiger partial charge in [-0.3, -0.25) is 0 Å². The summed E-state index contributed by atoms with van der Waals surface area (Å²) in [5, 5.41) is 0. The van der Waals surface area contributed by atoms with Gasteiger partial charge in [0.2, 0.25) is 0 Å². The van der Waals surface area contributed by atoms with Crippen LogP contribution in [0.5, 0.6) is 5.75 Å². The summed E-state index contributed by atoms with van der Waals surface area (Å²) in [4.78, 5) is 0. The molecule has 0 aliphatic rings. The molecule has 90 valence electrons. The molecule has 2 N–H and O–H groups in total. The third-order valence-corrected chi connectivity index (χ3v) is 2.80. The molecule has 1 aromatic carbocycles. The highest BCUT2D eigenvalue weighted by Crippen LogP contribution is 2.27. The maximum Gasteiger partial charge on any atom is 0.123 e. The first kappa shape index (κ1) is 13.0. The topological polar surface area (TPSA) is 35.2 Å². The minimum absolute atomic E-state index is 0.0971. The number of hydrogen-bond donors (Lipinski definition) is 1. The average molecular weight is 221 g/mol. The van der Waals surface area contributed by atoms with Crippen molar-refractivity contribution in [2.75, 3.05) is 6.54 Å². The van der Waals surface area contributed by atoms with Crippen LogP contribution in [0.15, 0.2) is 24.3 Å². The lowest BCUT2D eigenvalue weighted by Crippen LogP contribution is -2.32. The highest BCUT2D eigenvalue weighted by Gasteiger charge is 2.15. The normalized spacial score (nSPS) is 13.2. The van der Waals surface area contributed by atoms with E-state index in [0.717, 1.165) is 5.75 Å². The molecular weight excluding hydrogens is 198 g/mol. The number of ether oxygens (including phenoxy) is 1. The Balaban J connectivity index is 2.87. The van der Waals surface area contributed by atoms with Gasteiger partial charge in [0, 0.05) is 6.54 Å². The Labute approximate surface area is 98.8 Å². The zero-order chi connectivity index (χ0) is 12.1. The van der Waals surface area contributed by atoms with Gasteiger partial charge in [-0.1, -0.05) is 45.9 Å². The molecular formula is C14H23NO. The van der Waals surface area contributed by atoms with Crippen LogP contribution in [0.3, 0.4) is 0 Å². The molecule has 0 fully saturated rings. The summed E-state index contributed by atoms with van der Waals surface area (Å²) >= 11 is 0. The molecule has 0 saturated heterocycles. The van der Waals surface area contributed by atoms with Crippen LogP contribution < -0.4 is 10.5 Å². The van der Waals surface area contributed by atoms with Crippen LogP contribution in [-0.4, -0.2) is 12.6 Å². The van der Waals surface area contributed by atoms with E-state index >= 15 is 0 Å². The van der Waals surface area contributed by atoms with Gasteiger partial charge in [-0.15, -0.1) is 0 Å². The van der Waals surface area contributed by atoms with E-state index in [4.69, 9.17) is 10.5 Å². The highest BCUT2D eigenvalue weighted by atomic mass is 16.5. The Kier molecular flexibility index (Phi) is 4.81. The maximum absolute atomic E-state index is 5.99. The summed E-state index contributed by atoms with van der Waals surface area (Å²) in [5.74, 6) is 1.88. The Morgan fingerprint density at radius 2 is 1.75 bits per heavy atom. The van der Waals surface area contributed by atoms with Gasteiger partial charge in [-0.25, -0.2) is 0 Å². The molecule has 1 unspecified atom stereocenters. The van der Waals surface area contributed by atoms with E-state index in [9.17, 15) is 0 Å². The summed E-state index contributed by atoms with van der Waals surface area (Å²) in [6, 6.07) is 8.21. The van der Waals surface area contributed by atoms with Gasteiger partial charge in [0.1, 0.15) is 11.9 Å². The van der Waals surface area contributed by atoms with Crippen LogP contribution >= 0.6 is 0 Å². The zero-order valence-electron chi connectivity index (χ0n) is 10.7. The summed E-state index contributed by atoms with van der Waals surface area (Å²) in [5.41, 5.74) is 6.97. The molecule has 0 heterocycles. The van der Waals surface area contributed by atoms with Crippen molar-refractivity contribution in [1.29, 1.82) is 0 Å². The SMILES string of the molecule is CC(C)c1ccccc1OC(CN)C(C)C. The van der Waals surface area contributed by atoms with Gasteiger partial charge >= 0.3 is 0 Å². The number of para-hydroxylation sites is 1. The number of hydrogen-bond acceptors (Lipinski definition) is 2. The molecule has 0 radical (unpaired) electrons. The second-order valence-corrected chi connectivity index (χ2v) is 4.83. The van der Waals surface area contributed by atoms with Gasteiger partial charge in [0.05, 0.1) is 0 Å². The largest absolute Gasteiger partial charge is 0.489 e. The number of benzene rings is 1. The molecule has 2 heteroatoms. The standard InChI is InChI=1S/C14H23NO/c1-10(2)12-7-5-6-8-13(12)16-14(9-15)11(3)4/h5-8,10-11,14H,9,15H2,1-4H3. The van der Waals surface area contributed by atoms with Crippen molar-refractivity contribution < 1.29 is 4.74 Å². The minimum Gasteiger partial charge on any atom is -0.489 e. The van der Waals surface area contributed by atoms with Crippen molar-refractivity contribution in [3.8, 4) is 5.75 Å². The fourth-order valence-corrected chi connectivity index (χ4v) is 1.68. The fourth-order valence-electron chi connectivity index (χ4n) is 1.68. The average Bonchev–Trinajstić information content (AvgIpc) is 2.25. The zero-order valence-corrected chi connectivity index (χ0v) is 10.7. The van der Waals surface area contributed by atoms with Crippen molar-refractivity contribution >= 4 is 0 Å². The molecule has 0 amide bonds. The van der Waals surface area contributed by atoms with Crippen LogP contribution in [0.4, 0.5) is 0 Å². The monoisotopic (exact) mass is 221 g/mol. The molecule has 2 nitrogen and oxygen atoms in total. The second kappa shape index (κ2) is 5.90. The molecule has 1 rings (SSSR count). The maximum atomic E-state index is 5.99. The molecule has 0 bridgehead atoms. The van der Waals surface area contributed by atoms with E-state index in [1.54, 1.807) is 0 Å². The fraction of sp³-hybridized carbons (Fsp3) is 0.571. The Bertz CT molecular complexity index is 320. The lowest BCUT2D eigenvalue weighted by atomic mass is 10.0. The predicted octanol–water partition coefficient (Wildman–Crippen LogP) is 3.17. The molecule has 0 aliphatic heterocycles. The van der Waals surface area contributed by atoms with E-state index in [2.05, 4.69) is 39.8 Å². The van der Waals surface area contributed by atoms with Crippen LogP contribution in [0, 0.1) is 5.92 Å². The molecule has 0 aliphatic carbocycles. The van der Waals surface area contributed by atoms with Gasteiger partial charge in [-0.2, -0.15) is 0 Å². The molecule has 0 saturated carbocycles. The Hall–Kier alpha value is -1.02. The third-order valence-electron chi connectivity index (χ3n) is 2.80. The molecule has 0 spiro atoms. The second-order valence-electron chi connectivity index (χ2n) is 4.83. The van der Waals surface area contributed by atoms with E-state index in [1.807, 2.05) is 12.1 Å². The van der Waals surface area contributed by atoms with Crippen LogP contribution in [0.2, 0.25) is 0 Å². The molecule has 16 heavy (non-hydrogen) atoms. The van der Waals surface area contributed by atoms with E-state index in [0.29, 0.717) is 18.4 Å². The highest BCUT2D eigenvalue weighted by molar-refractivity contribution is 5.35. The molecule has 1 atom stereocenters. The minimum atomic E-state index is 0.0971. The summed E-state index contributed by atoms with van der Waals surface area (Å²) in [7, 11) is 0.